The van der Waals surface area contributed by atoms with Crippen molar-refractivity contribution in [1.82, 2.24) is 4.90 Å². The zero-order valence-electron chi connectivity index (χ0n) is 14.9. The normalized spacial score (nSPS) is 13.8. The molecule has 1 heterocycles. The predicted molar refractivity (Wildman–Crippen MR) is 101 cm³/mol. The summed E-state index contributed by atoms with van der Waals surface area (Å²) < 4.78 is 11.0. The molecule has 4 nitrogen and oxygen atoms in total. The van der Waals surface area contributed by atoms with E-state index in [1.54, 1.807) is 7.11 Å². The molecule has 0 aromatic heterocycles. The van der Waals surface area contributed by atoms with Gasteiger partial charge in [0.2, 0.25) is 0 Å². The van der Waals surface area contributed by atoms with Gasteiger partial charge in [-0.25, -0.2) is 0 Å². The number of rotatable bonds is 9. The number of hydrogen-bond acceptors (Lipinski definition) is 4. The Morgan fingerprint density at radius 1 is 1.00 bits per heavy atom. The molecule has 0 bridgehead atoms. The van der Waals surface area contributed by atoms with Crippen molar-refractivity contribution in [3.63, 3.8) is 0 Å². The Morgan fingerprint density at radius 3 is 2.56 bits per heavy atom. The fourth-order valence-corrected chi connectivity index (χ4v) is 2.98. The first-order valence-corrected chi connectivity index (χ1v) is 8.88. The lowest BCUT2D eigenvalue weighted by Crippen LogP contribution is -2.27. The van der Waals surface area contributed by atoms with Gasteiger partial charge in [-0.2, -0.15) is 0 Å². The number of hydrogen-bond donors (Lipinski definition) is 0. The van der Waals surface area contributed by atoms with Crippen LogP contribution in [0.25, 0.3) is 0 Å². The Hall–Kier alpha value is -2.33. The summed E-state index contributed by atoms with van der Waals surface area (Å²) in [5, 5.41) is 0. The van der Waals surface area contributed by atoms with E-state index in [0.29, 0.717) is 6.61 Å². The highest BCUT2D eigenvalue weighted by Gasteiger charge is 2.16. The summed E-state index contributed by atoms with van der Waals surface area (Å²) in [5.41, 5.74) is 2.51. The van der Waals surface area contributed by atoms with Crippen LogP contribution in [0.5, 0.6) is 5.75 Å². The van der Waals surface area contributed by atoms with Crippen LogP contribution in [0, 0.1) is 0 Å². The summed E-state index contributed by atoms with van der Waals surface area (Å²) in [7, 11) is 1.69. The second kappa shape index (κ2) is 9.23. The summed E-state index contributed by atoms with van der Waals surface area (Å²) in [6, 6.07) is 18.6. The molecule has 0 atom stereocenters. The van der Waals surface area contributed by atoms with Gasteiger partial charge in [-0.3, -0.25) is 4.99 Å². The smallest absolute Gasteiger partial charge is 0.118 e. The number of aliphatic imine (C=N–C) groups is 1. The molecule has 4 heteroatoms. The van der Waals surface area contributed by atoms with Gasteiger partial charge >= 0.3 is 0 Å². The quantitative estimate of drug-likeness (QED) is 0.650. The number of amidine groups is 1. The number of benzene rings is 2. The van der Waals surface area contributed by atoms with E-state index in [0.717, 1.165) is 44.8 Å². The molecule has 25 heavy (non-hydrogen) atoms. The summed E-state index contributed by atoms with van der Waals surface area (Å²) >= 11 is 0. The summed E-state index contributed by atoms with van der Waals surface area (Å²) in [6.45, 7) is 4.27. The molecule has 0 radical (unpaired) electrons. The summed E-state index contributed by atoms with van der Waals surface area (Å²) in [4.78, 5) is 7.04. The van der Waals surface area contributed by atoms with Crippen LogP contribution in [-0.4, -0.2) is 37.5 Å². The fourth-order valence-electron chi connectivity index (χ4n) is 2.98. The van der Waals surface area contributed by atoms with Crippen molar-refractivity contribution in [1.29, 1.82) is 0 Å². The van der Waals surface area contributed by atoms with Gasteiger partial charge in [-0.05, 0) is 29.7 Å². The minimum Gasteiger partial charge on any atom is -0.497 e. The highest BCUT2D eigenvalue weighted by molar-refractivity contribution is 5.83. The van der Waals surface area contributed by atoms with Crippen LogP contribution in [0.15, 0.2) is 59.6 Å². The Bertz CT molecular complexity index is 668. The van der Waals surface area contributed by atoms with Crippen molar-refractivity contribution >= 4 is 5.84 Å². The topological polar surface area (TPSA) is 34.1 Å². The lowest BCUT2D eigenvalue weighted by atomic mass is 10.2. The molecule has 2 aromatic rings. The van der Waals surface area contributed by atoms with Crippen molar-refractivity contribution in [2.45, 2.75) is 26.0 Å². The van der Waals surface area contributed by atoms with Crippen molar-refractivity contribution in [3.8, 4) is 5.75 Å². The molecular formula is C21H26N2O2. The lowest BCUT2D eigenvalue weighted by Gasteiger charge is -2.20. The van der Waals surface area contributed by atoms with Gasteiger partial charge in [0.15, 0.2) is 0 Å². The molecule has 2 aromatic carbocycles. The average Bonchev–Trinajstić information content (AvgIpc) is 3.10. The first kappa shape index (κ1) is 17.5. The third kappa shape index (κ3) is 5.33. The maximum absolute atomic E-state index is 5.77. The molecule has 0 aliphatic carbocycles. The maximum Gasteiger partial charge on any atom is 0.118 e. The maximum atomic E-state index is 5.77. The lowest BCUT2D eigenvalue weighted by molar-refractivity contribution is 0.119. The molecule has 0 saturated heterocycles. The highest BCUT2D eigenvalue weighted by Crippen LogP contribution is 2.16. The molecule has 132 valence electrons. The largest absolute Gasteiger partial charge is 0.497 e. The van der Waals surface area contributed by atoms with Crippen LogP contribution in [0.3, 0.4) is 0 Å². The zero-order valence-corrected chi connectivity index (χ0v) is 14.9. The molecule has 1 aliphatic rings. The number of ether oxygens (including phenoxy) is 2. The van der Waals surface area contributed by atoms with E-state index in [9.17, 15) is 0 Å². The van der Waals surface area contributed by atoms with Crippen LogP contribution in [0.2, 0.25) is 0 Å². The standard InChI is InChI=1S/C21H26N2O2/c1-24-20-11-9-18(10-12-20)16-23-14-13-22-21(23)8-5-15-25-17-19-6-3-2-4-7-19/h2-4,6-7,9-12H,5,8,13-17H2,1H3. The van der Waals surface area contributed by atoms with Crippen LogP contribution in [0.1, 0.15) is 24.0 Å². The molecule has 0 spiro atoms. The van der Waals surface area contributed by atoms with Gasteiger partial charge in [0.25, 0.3) is 0 Å². The van der Waals surface area contributed by atoms with Crippen LogP contribution in [0.4, 0.5) is 0 Å². The van der Waals surface area contributed by atoms with Crippen molar-refractivity contribution in [2.24, 2.45) is 4.99 Å². The van der Waals surface area contributed by atoms with Crippen molar-refractivity contribution in [2.75, 3.05) is 26.8 Å². The summed E-state index contributed by atoms with van der Waals surface area (Å²) in [6.07, 6.45) is 1.98. The Balaban J connectivity index is 1.39. The fraction of sp³-hybridized carbons (Fsp3) is 0.381. The van der Waals surface area contributed by atoms with Crippen molar-refractivity contribution in [3.05, 3.63) is 65.7 Å². The van der Waals surface area contributed by atoms with E-state index in [1.165, 1.54) is 17.0 Å². The van der Waals surface area contributed by atoms with E-state index in [2.05, 4.69) is 34.2 Å². The third-order valence-electron chi connectivity index (χ3n) is 4.36. The molecule has 1 aliphatic heterocycles. The van der Waals surface area contributed by atoms with E-state index >= 15 is 0 Å². The first-order chi connectivity index (χ1) is 12.3. The minimum atomic E-state index is 0.683. The molecule has 0 fully saturated rings. The van der Waals surface area contributed by atoms with Gasteiger partial charge in [0.05, 0.1) is 26.1 Å². The summed E-state index contributed by atoms with van der Waals surface area (Å²) in [5.74, 6) is 2.11. The first-order valence-electron chi connectivity index (χ1n) is 8.88. The highest BCUT2D eigenvalue weighted by atomic mass is 16.5. The number of nitrogens with zero attached hydrogens (tertiary/aromatic N) is 2. The molecule has 0 unspecified atom stereocenters. The molecule has 0 saturated carbocycles. The SMILES string of the molecule is COc1ccc(CN2CCN=C2CCCOCc2ccccc2)cc1. The van der Waals surface area contributed by atoms with E-state index in [4.69, 9.17) is 9.47 Å². The Morgan fingerprint density at radius 2 is 1.80 bits per heavy atom. The molecule has 0 amide bonds. The Labute approximate surface area is 150 Å². The van der Waals surface area contributed by atoms with Gasteiger partial charge in [-0.1, -0.05) is 42.5 Å². The van der Waals surface area contributed by atoms with Gasteiger partial charge in [-0.15, -0.1) is 0 Å². The molecule has 0 N–H and O–H groups in total. The average molecular weight is 338 g/mol. The van der Waals surface area contributed by atoms with Gasteiger partial charge in [0.1, 0.15) is 5.75 Å². The second-order valence-corrected chi connectivity index (χ2v) is 6.21. The predicted octanol–water partition coefficient (Wildman–Crippen LogP) is 3.91. The monoisotopic (exact) mass is 338 g/mol. The van der Waals surface area contributed by atoms with Gasteiger partial charge in [0, 0.05) is 26.1 Å². The zero-order chi connectivity index (χ0) is 17.3. The number of methoxy groups -OCH3 is 1. The van der Waals surface area contributed by atoms with E-state index < -0.39 is 0 Å². The Kier molecular flexibility index (Phi) is 6.46. The van der Waals surface area contributed by atoms with E-state index in [1.807, 2.05) is 30.3 Å². The van der Waals surface area contributed by atoms with Crippen LogP contribution >= 0.6 is 0 Å². The van der Waals surface area contributed by atoms with Crippen molar-refractivity contribution < 1.29 is 9.47 Å². The van der Waals surface area contributed by atoms with Crippen LogP contribution < -0.4 is 4.74 Å². The van der Waals surface area contributed by atoms with Crippen LogP contribution in [-0.2, 0) is 17.9 Å². The van der Waals surface area contributed by atoms with E-state index in [-0.39, 0.29) is 0 Å². The molecule has 3 rings (SSSR count). The molecular weight excluding hydrogens is 312 g/mol. The minimum absolute atomic E-state index is 0.683. The second-order valence-electron chi connectivity index (χ2n) is 6.21. The van der Waals surface area contributed by atoms with Gasteiger partial charge < -0.3 is 14.4 Å². The third-order valence-corrected chi connectivity index (χ3v) is 4.36.